The van der Waals surface area contributed by atoms with Crippen LogP contribution in [0.4, 0.5) is 0 Å². The molecule has 0 N–H and O–H groups in total. The molecule has 1 nitrogen and oxygen atoms in total. The molecule has 0 radical (unpaired) electrons. The Bertz CT molecular complexity index is 814. The van der Waals surface area contributed by atoms with Gasteiger partial charge in [0.05, 0.1) is 6.61 Å². The molecule has 0 saturated heterocycles. The molecule has 0 heterocycles. The van der Waals surface area contributed by atoms with E-state index >= 15 is 0 Å². The molecule has 3 aromatic rings. The Hall–Kier alpha value is -2.25. The maximum Gasteiger partial charge on any atom is 0.127 e. The number of hydrogen-bond acceptors (Lipinski definition) is 1. The van der Waals surface area contributed by atoms with Gasteiger partial charge in [0.2, 0.25) is 0 Å². The minimum absolute atomic E-state index is 0.764. The standard InChI is InChI=1S/C26H29ClO/c27-19-11-3-1-2-4-12-20-28-26-18-17-24(22-13-7-5-8-14-22)21-25(26)23-15-9-6-10-16-23/h5-10,13-18,21H,1-4,11-12,19-20H2. The minimum atomic E-state index is 0.764. The molecule has 0 amide bonds. The second-order valence-corrected chi connectivity index (χ2v) is 7.48. The second-order valence-electron chi connectivity index (χ2n) is 7.10. The van der Waals surface area contributed by atoms with Gasteiger partial charge in [-0.3, -0.25) is 0 Å². The Kier molecular flexibility index (Phi) is 8.46. The van der Waals surface area contributed by atoms with Crippen LogP contribution in [-0.4, -0.2) is 12.5 Å². The van der Waals surface area contributed by atoms with Crippen LogP contribution in [0.3, 0.4) is 0 Å². The lowest BCUT2D eigenvalue weighted by Crippen LogP contribution is -1.99. The van der Waals surface area contributed by atoms with E-state index in [1.165, 1.54) is 42.4 Å². The maximum atomic E-state index is 6.19. The lowest BCUT2D eigenvalue weighted by Gasteiger charge is -2.14. The molecule has 0 spiro atoms. The number of benzene rings is 3. The zero-order valence-electron chi connectivity index (χ0n) is 16.4. The van der Waals surface area contributed by atoms with Gasteiger partial charge in [-0.25, -0.2) is 0 Å². The van der Waals surface area contributed by atoms with Crippen LogP contribution in [0.25, 0.3) is 22.3 Å². The molecular formula is C26H29ClO. The van der Waals surface area contributed by atoms with E-state index in [4.69, 9.17) is 16.3 Å². The molecule has 146 valence electrons. The van der Waals surface area contributed by atoms with Gasteiger partial charge >= 0.3 is 0 Å². The Morgan fingerprint density at radius 2 is 1.18 bits per heavy atom. The van der Waals surface area contributed by atoms with Crippen molar-refractivity contribution in [3.63, 3.8) is 0 Å². The highest BCUT2D eigenvalue weighted by atomic mass is 35.5. The highest BCUT2D eigenvalue weighted by Gasteiger charge is 2.09. The summed E-state index contributed by atoms with van der Waals surface area (Å²) in [4.78, 5) is 0. The largest absolute Gasteiger partial charge is 0.493 e. The van der Waals surface area contributed by atoms with Crippen LogP contribution < -0.4 is 4.74 Å². The van der Waals surface area contributed by atoms with E-state index in [0.717, 1.165) is 36.6 Å². The summed E-state index contributed by atoms with van der Waals surface area (Å²) in [5.41, 5.74) is 4.79. The van der Waals surface area contributed by atoms with Crippen molar-refractivity contribution in [2.24, 2.45) is 0 Å². The summed E-state index contributed by atoms with van der Waals surface area (Å²) in [7, 11) is 0. The molecule has 0 aliphatic rings. The molecular weight excluding hydrogens is 364 g/mol. The fraction of sp³-hybridized carbons (Fsp3) is 0.308. The van der Waals surface area contributed by atoms with E-state index in [9.17, 15) is 0 Å². The third kappa shape index (κ3) is 6.14. The van der Waals surface area contributed by atoms with Crippen molar-refractivity contribution in [2.75, 3.05) is 12.5 Å². The van der Waals surface area contributed by atoms with Crippen LogP contribution in [0, 0.1) is 0 Å². The minimum Gasteiger partial charge on any atom is -0.493 e. The van der Waals surface area contributed by atoms with Crippen molar-refractivity contribution in [2.45, 2.75) is 38.5 Å². The van der Waals surface area contributed by atoms with Crippen molar-refractivity contribution in [1.82, 2.24) is 0 Å². The van der Waals surface area contributed by atoms with Crippen LogP contribution in [0.5, 0.6) is 5.75 Å². The number of unbranched alkanes of at least 4 members (excludes halogenated alkanes) is 5. The number of alkyl halides is 1. The highest BCUT2D eigenvalue weighted by molar-refractivity contribution is 6.17. The molecule has 28 heavy (non-hydrogen) atoms. The van der Waals surface area contributed by atoms with Gasteiger partial charge in [-0.2, -0.15) is 0 Å². The van der Waals surface area contributed by atoms with E-state index in [0.29, 0.717) is 0 Å². The van der Waals surface area contributed by atoms with Crippen molar-refractivity contribution >= 4 is 11.6 Å². The first-order chi connectivity index (χ1) is 13.9. The zero-order valence-corrected chi connectivity index (χ0v) is 17.2. The summed E-state index contributed by atoms with van der Waals surface area (Å²) in [5, 5.41) is 0. The average Bonchev–Trinajstić information content (AvgIpc) is 2.77. The van der Waals surface area contributed by atoms with Crippen LogP contribution in [0.1, 0.15) is 38.5 Å². The Morgan fingerprint density at radius 3 is 1.86 bits per heavy atom. The summed E-state index contributed by atoms with van der Waals surface area (Å²) >= 11 is 5.73. The number of halogens is 1. The number of rotatable bonds is 11. The van der Waals surface area contributed by atoms with Gasteiger partial charge in [0, 0.05) is 11.4 Å². The quantitative estimate of drug-likeness (QED) is 0.237. The SMILES string of the molecule is ClCCCCCCCCOc1ccc(-c2ccccc2)cc1-c1ccccc1. The predicted octanol–water partition coefficient (Wildman–Crippen LogP) is 7.98. The highest BCUT2D eigenvalue weighted by Crippen LogP contribution is 2.34. The van der Waals surface area contributed by atoms with Gasteiger partial charge in [-0.1, -0.05) is 92.4 Å². The molecule has 0 fully saturated rings. The molecule has 3 rings (SSSR count). The molecule has 2 heteroatoms. The summed E-state index contributed by atoms with van der Waals surface area (Å²) in [6.07, 6.45) is 7.21. The fourth-order valence-electron chi connectivity index (χ4n) is 3.40. The van der Waals surface area contributed by atoms with E-state index < -0.39 is 0 Å². The Balaban J connectivity index is 1.67. The molecule has 3 aromatic carbocycles. The molecule has 0 atom stereocenters. The van der Waals surface area contributed by atoms with Crippen molar-refractivity contribution in [1.29, 1.82) is 0 Å². The van der Waals surface area contributed by atoms with Gasteiger partial charge in [0.25, 0.3) is 0 Å². The fourth-order valence-corrected chi connectivity index (χ4v) is 3.58. The van der Waals surface area contributed by atoms with Crippen LogP contribution >= 0.6 is 11.6 Å². The van der Waals surface area contributed by atoms with Crippen LogP contribution in [0.2, 0.25) is 0 Å². The van der Waals surface area contributed by atoms with E-state index in [1.807, 2.05) is 0 Å². The van der Waals surface area contributed by atoms with Gasteiger partial charge in [-0.05, 0) is 41.7 Å². The van der Waals surface area contributed by atoms with Gasteiger partial charge in [0.15, 0.2) is 0 Å². The molecule has 0 saturated carbocycles. The van der Waals surface area contributed by atoms with Crippen LogP contribution in [-0.2, 0) is 0 Å². The van der Waals surface area contributed by atoms with Crippen molar-refractivity contribution in [3.05, 3.63) is 78.9 Å². The lowest BCUT2D eigenvalue weighted by molar-refractivity contribution is 0.305. The van der Waals surface area contributed by atoms with E-state index in [-0.39, 0.29) is 0 Å². The van der Waals surface area contributed by atoms with Gasteiger partial charge < -0.3 is 4.74 Å². The van der Waals surface area contributed by atoms with Crippen molar-refractivity contribution < 1.29 is 4.74 Å². The second kappa shape index (κ2) is 11.6. The monoisotopic (exact) mass is 392 g/mol. The van der Waals surface area contributed by atoms with E-state index in [2.05, 4.69) is 78.9 Å². The third-order valence-corrected chi connectivity index (χ3v) is 5.22. The molecule has 0 unspecified atom stereocenters. The normalized spacial score (nSPS) is 10.8. The zero-order chi connectivity index (χ0) is 19.4. The first-order valence-electron chi connectivity index (χ1n) is 10.3. The summed E-state index contributed by atoms with van der Waals surface area (Å²) < 4.78 is 6.19. The maximum absolute atomic E-state index is 6.19. The van der Waals surface area contributed by atoms with E-state index in [1.54, 1.807) is 0 Å². The average molecular weight is 393 g/mol. The molecule has 0 aromatic heterocycles. The molecule has 0 aliphatic heterocycles. The Labute approximate surface area is 174 Å². The Morgan fingerprint density at radius 1 is 0.571 bits per heavy atom. The molecule has 0 bridgehead atoms. The smallest absolute Gasteiger partial charge is 0.127 e. The summed E-state index contributed by atoms with van der Waals surface area (Å²) in [5.74, 6) is 1.75. The topological polar surface area (TPSA) is 9.23 Å². The predicted molar refractivity (Wildman–Crippen MR) is 121 cm³/mol. The molecule has 0 aliphatic carbocycles. The number of hydrogen-bond donors (Lipinski definition) is 0. The number of ether oxygens (including phenoxy) is 1. The summed E-state index contributed by atoms with van der Waals surface area (Å²) in [6, 6.07) is 27.5. The van der Waals surface area contributed by atoms with Gasteiger partial charge in [-0.15, -0.1) is 11.6 Å². The van der Waals surface area contributed by atoms with Crippen molar-refractivity contribution in [3.8, 4) is 28.0 Å². The first-order valence-corrected chi connectivity index (χ1v) is 10.9. The summed E-state index contributed by atoms with van der Waals surface area (Å²) in [6.45, 7) is 0.764. The lowest BCUT2D eigenvalue weighted by atomic mass is 9.98. The third-order valence-electron chi connectivity index (χ3n) is 4.96. The van der Waals surface area contributed by atoms with Gasteiger partial charge in [0.1, 0.15) is 5.75 Å². The van der Waals surface area contributed by atoms with Crippen LogP contribution in [0.15, 0.2) is 78.9 Å². The first kappa shape index (κ1) is 20.5.